The summed E-state index contributed by atoms with van der Waals surface area (Å²) < 4.78 is 0. The summed E-state index contributed by atoms with van der Waals surface area (Å²) in [5.74, 6) is 1.10. The van der Waals surface area contributed by atoms with Gasteiger partial charge in [0.2, 0.25) is 0 Å². The van der Waals surface area contributed by atoms with Gasteiger partial charge in [-0.3, -0.25) is 4.79 Å². The van der Waals surface area contributed by atoms with Crippen LogP contribution in [0.4, 0.5) is 0 Å². The summed E-state index contributed by atoms with van der Waals surface area (Å²) in [6.45, 7) is 2.56. The normalized spacial score (nSPS) is 25.8. The molecule has 0 atom stereocenters. The number of nitrogens with one attached hydrogen (secondary N) is 1. The zero-order valence-corrected chi connectivity index (χ0v) is 14.1. The first-order chi connectivity index (χ1) is 11.7. The highest BCUT2D eigenvalue weighted by Gasteiger charge is 2.29. The molecule has 3 N–H and O–H groups in total. The van der Waals surface area contributed by atoms with E-state index in [-0.39, 0.29) is 0 Å². The fourth-order valence-electron chi connectivity index (χ4n) is 4.45. The molecule has 2 aliphatic rings. The molecule has 2 fully saturated rings. The third-order valence-corrected chi connectivity index (χ3v) is 5.79. The maximum atomic E-state index is 11.6. The smallest absolute Gasteiger partial charge is 0.250 e. The topological polar surface area (TPSA) is 75.0 Å². The van der Waals surface area contributed by atoms with E-state index in [1.807, 2.05) is 12.1 Å². The van der Waals surface area contributed by atoms with Crippen LogP contribution in [-0.2, 0) is 0 Å². The summed E-state index contributed by atoms with van der Waals surface area (Å²) in [4.78, 5) is 22.4. The van der Waals surface area contributed by atoms with Crippen molar-refractivity contribution in [2.75, 3.05) is 13.1 Å². The number of nitrogens with two attached hydrogens (primary N) is 1. The SMILES string of the molecule is NC(=O)c1cccc2nc([C@H]3CC[C@H](N4CCCCC4)CC3)[nH]c12. The van der Waals surface area contributed by atoms with Crippen molar-refractivity contribution >= 4 is 16.9 Å². The second-order valence-electron chi connectivity index (χ2n) is 7.29. The van der Waals surface area contributed by atoms with E-state index in [2.05, 4.69) is 9.88 Å². The lowest BCUT2D eigenvalue weighted by Gasteiger charge is -2.38. The van der Waals surface area contributed by atoms with E-state index in [1.54, 1.807) is 6.07 Å². The number of likely N-dealkylation sites (tertiary alicyclic amines) is 1. The van der Waals surface area contributed by atoms with Crippen molar-refractivity contribution in [3.8, 4) is 0 Å². The number of imidazole rings is 1. The summed E-state index contributed by atoms with van der Waals surface area (Å²) in [6.07, 6.45) is 8.97. The number of aromatic nitrogens is 2. The largest absolute Gasteiger partial charge is 0.366 e. The van der Waals surface area contributed by atoms with Crippen LogP contribution in [0.3, 0.4) is 0 Å². The van der Waals surface area contributed by atoms with Crippen LogP contribution in [-0.4, -0.2) is 39.9 Å². The second-order valence-corrected chi connectivity index (χ2v) is 7.29. The lowest BCUT2D eigenvalue weighted by molar-refractivity contribution is 0.100. The average Bonchev–Trinajstić information content (AvgIpc) is 3.06. The minimum absolute atomic E-state index is 0.399. The van der Waals surface area contributed by atoms with Crippen LogP contribution >= 0.6 is 0 Å². The van der Waals surface area contributed by atoms with Gasteiger partial charge in [-0.05, 0) is 63.7 Å². The van der Waals surface area contributed by atoms with Crippen molar-refractivity contribution in [1.82, 2.24) is 14.9 Å². The molecule has 1 amide bonds. The number of hydrogen-bond acceptors (Lipinski definition) is 3. The first-order valence-electron chi connectivity index (χ1n) is 9.25. The van der Waals surface area contributed by atoms with Crippen LogP contribution in [0.5, 0.6) is 0 Å². The van der Waals surface area contributed by atoms with Gasteiger partial charge in [0.05, 0.1) is 16.6 Å². The highest BCUT2D eigenvalue weighted by Crippen LogP contribution is 2.35. The van der Waals surface area contributed by atoms with Crippen molar-refractivity contribution in [1.29, 1.82) is 0 Å². The molecule has 24 heavy (non-hydrogen) atoms. The molecule has 1 aromatic heterocycles. The van der Waals surface area contributed by atoms with E-state index in [0.29, 0.717) is 11.5 Å². The number of carbonyl (C=O) groups is 1. The molecule has 128 valence electrons. The van der Waals surface area contributed by atoms with Crippen LogP contribution < -0.4 is 5.73 Å². The first kappa shape index (κ1) is 15.6. The third-order valence-electron chi connectivity index (χ3n) is 5.79. The van der Waals surface area contributed by atoms with E-state index in [4.69, 9.17) is 10.7 Å². The summed E-state index contributed by atoms with van der Waals surface area (Å²) >= 11 is 0. The number of aromatic amines is 1. The van der Waals surface area contributed by atoms with Crippen molar-refractivity contribution in [2.24, 2.45) is 5.73 Å². The summed E-state index contributed by atoms with van der Waals surface area (Å²) in [6, 6.07) is 6.31. The number of rotatable bonds is 3. The lowest BCUT2D eigenvalue weighted by atomic mass is 9.84. The predicted molar refractivity (Wildman–Crippen MR) is 95.0 cm³/mol. The average molecular weight is 326 g/mol. The summed E-state index contributed by atoms with van der Waals surface area (Å²) in [7, 11) is 0. The highest BCUT2D eigenvalue weighted by atomic mass is 16.1. The third kappa shape index (κ3) is 2.93. The lowest BCUT2D eigenvalue weighted by Crippen LogP contribution is -2.41. The van der Waals surface area contributed by atoms with Crippen LogP contribution in [0.25, 0.3) is 11.0 Å². The van der Waals surface area contributed by atoms with Gasteiger partial charge in [-0.2, -0.15) is 0 Å². The number of benzene rings is 1. The van der Waals surface area contributed by atoms with Gasteiger partial charge in [0.15, 0.2) is 0 Å². The number of para-hydroxylation sites is 1. The predicted octanol–water partition coefficient (Wildman–Crippen LogP) is 3.17. The van der Waals surface area contributed by atoms with Crippen LogP contribution in [0.15, 0.2) is 18.2 Å². The molecule has 1 aliphatic heterocycles. The van der Waals surface area contributed by atoms with Gasteiger partial charge in [-0.25, -0.2) is 4.98 Å². The van der Waals surface area contributed by atoms with Crippen molar-refractivity contribution in [3.63, 3.8) is 0 Å². The molecule has 1 aliphatic carbocycles. The quantitative estimate of drug-likeness (QED) is 0.909. The highest BCUT2D eigenvalue weighted by molar-refractivity contribution is 6.04. The van der Waals surface area contributed by atoms with Crippen molar-refractivity contribution in [2.45, 2.75) is 56.9 Å². The van der Waals surface area contributed by atoms with Crippen molar-refractivity contribution in [3.05, 3.63) is 29.6 Å². The molecular formula is C19H26N4O. The van der Waals surface area contributed by atoms with Gasteiger partial charge < -0.3 is 15.6 Å². The summed E-state index contributed by atoms with van der Waals surface area (Å²) in [5, 5.41) is 0. The van der Waals surface area contributed by atoms with Gasteiger partial charge in [0.25, 0.3) is 5.91 Å². The number of H-pyrrole nitrogens is 1. The zero-order valence-electron chi connectivity index (χ0n) is 14.1. The molecule has 1 saturated heterocycles. The second kappa shape index (κ2) is 6.55. The molecule has 2 aromatic rings. The molecule has 4 rings (SSSR count). The van der Waals surface area contributed by atoms with Gasteiger partial charge in [0.1, 0.15) is 5.82 Å². The van der Waals surface area contributed by atoms with E-state index in [0.717, 1.165) is 22.9 Å². The number of primary amides is 1. The Kier molecular flexibility index (Phi) is 4.27. The minimum Gasteiger partial charge on any atom is -0.366 e. The Labute approximate surface area is 142 Å². The Bertz CT molecular complexity index is 724. The number of fused-ring (bicyclic) bond motifs is 1. The molecule has 5 nitrogen and oxygen atoms in total. The minimum atomic E-state index is -0.399. The fourth-order valence-corrected chi connectivity index (χ4v) is 4.45. The van der Waals surface area contributed by atoms with E-state index in [1.165, 1.54) is 58.0 Å². The zero-order chi connectivity index (χ0) is 16.5. The number of piperidine rings is 1. The van der Waals surface area contributed by atoms with Crippen LogP contribution in [0.1, 0.15) is 67.0 Å². The van der Waals surface area contributed by atoms with Crippen LogP contribution in [0.2, 0.25) is 0 Å². The number of amides is 1. The Hall–Kier alpha value is -1.88. The maximum absolute atomic E-state index is 11.6. The van der Waals surface area contributed by atoms with Gasteiger partial charge in [0, 0.05) is 12.0 Å². The van der Waals surface area contributed by atoms with E-state index in [9.17, 15) is 4.79 Å². The Morgan fingerprint density at radius 1 is 1.12 bits per heavy atom. The molecule has 0 bridgehead atoms. The molecule has 0 radical (unpaired) electrons. The van der Waals surface area contributed by atoms with Gasteiger partial charge >= 0.3 is 0 Å². The molecular weight excluding hydrogens is 300 g/mol. The Balaban J connectivity index is 1.48. The van der Waals surface area contributed by atoms with Gasteiger partial charge in [-0.15, -0.1) is 0 Å². The number of hydrogen-bond donors (Lipinski definition) is 2. The summed E-state index contributed by atoms with van der Waals surface area (Å²) in [5.41, 5.74) is 7.65. The molecule has 5 heteroatoms. The molecule has 2 heterocycles. The van der Waals surface area contributed by atoms with Crippen molar-refractivity contribution < 1.29 is 4.79 Å². The maximum Gasteiger partial charge on any atom is 0.250 e. The van der Waals surface area contributed by atoms with Gasteiger partial charge in [-0.1, -0.05) is 12.5 Å². The molecule has 1 aromatic carbocycles. The monoisotopic (exact) mass is 326 g/mol. The van der Waals surface area contributed by atoms with E-state index < -0.39 is 5.91 Å². The van der Waals surface area contributed by atoms with Crippen LogP contribution in [0, 0.1) is 0 Å². The standard InChI is InChI=1S/C19H26N4O/c20-18(24)15-5-4-6-16-17(15)22-19(21-16)13-7-9-14(10-8-13)23-11-2-1-3-12-23/h4-6,13-14H,1-3,7-12H2,(H2,20,24)(H,21,22)/t13-,14-. The Morgan fingerprint density at radius 3 is 2.58 bits per heavy atom. The Morgan fingerprint density at radius 2 is 1.88 bits per heavy atom. The molecule has 0 unspecified atom stereocenters. The fraction of sp³-hybridized carbons (Fsp3) is 0.579. The van der Waals surface area contributed by atoms with E-state index >= 15 is 0 Å². The number of carbonyl (C=O) groups excluding carboxylic acids is 1. The molecule has 0 spiro atoms. The number of nitrogens with zero attached hydrogens (tertiary/aromatic N) is 2. The first-order valence-corrected chi connectivity index (χ1v) is 9.25. The molecule has 1 saturated carbocycles.